The fraction of sp³-hybridized carbons (Fsp3) is 0.385. The molecule has 0 amide bonds. The highest BCUT2D eigenvalue weighted by atomic mass is 32.2. The van der Waals surface area contributed by atoms with Gasteiger partial charge in [0.2, 0.25) is 10.0 Å². The fourth-order valence-corrected chi connectivity index (χ4v) is 3.70. The summed E-state index contributed by atoms with van der Waals surface area (Å²) < 4.78 is 31.5. The van der Waals surface area contributed by atoms with Gasteiger partial charge >= 0.3 is 0 Å². The maximum absolute atomic E-state index is 12.5. The van der Waals surface area contributed by atoms with E-state index in [4.69, 9.17) is 10.5 Å². The summed E-state index contributed by atoms with van der Waals surface area (Å²) in [5.74, 6) is 0.547. The monoisotopic (exact) mass is 282 g/mol. The molecule has 1 heterocycles. The van der Waals surface area contributed by atoms with Gasteiger partial charge < -0.3 is 10.5 Å². The molecule has 0 bridgehead atoms. The number of nitrogens with zero attached hydrogens (tertiary/aromatic N) is 1. The minimum absolute atomic E-state index is 0.142. The van der Waals surface area contributed by atoms with Crippen LogP contribution in [0, 0.1) is 0 Å². The molecule has 1 aliphatic rings. The summed E-state index contributed by atoms with van der Waals surface area (Å²) in [7, 11) is -2.02. The Morgan fingerprint density at radius 1 is 1.37 bits per heavy atom. The van der Waals surface area contributed by atoms with Gasteiger partial charge in [-0.1, -0.05) is 11.6 Å². The Morgan fingerprint density at radius 2 is 2.11 bits per heavy atom. The Kier molecular flexibility index (Phi) is 3.82. The van der Waals surface area contributed by atoms with Crippen LogP contribution < -0.4 is 10.5 Å². The summed E-state index contributed by atoms with van der Waals surface area (Å²) in [6.07, 6.45) is 2.80. The van der Waals surface area contributed by atoms with Crippen molar-refractivity contribution >= 4 is 15.7 Å². The molecule has 6 heteroatoms. The van der Waals surface area contributed by atoms with E-state index in [-0.39, 0.29) is 10.6 Å². The van der Waals surface area contributed by atoms with E-state index in [1.165, 1.54) is 23.5 Å². The Balaban J connectivity index is 2.37. The topological polar surface area (TPSA) is 72.6 Å². The molecule has 0 aliphatic carbocycles. The van der Waals surface area contributed by atoms with Crippen LogP contribution >= 0.6 is 0 Å². The van der Waals surface area contributed by atoms with Crippen LogP contribution in [0.15, 0.2) is 34.7 Å². The standard InChI is InChI=1S/C13H18N2O3S/c1-10-4-3-7-15(9-10)19(16,17)13-6-5-11(18-2)8-12(13)14/h4-6,8H,3,7,9,14H2,1-2H3. The first-order valence-electron chi connectivity index (χ1n) is 6.04. The average molecular weight is 282 g/mol. The largest absolute Gasteiger partial charge is 0.497 e. The maximum Gasteiger partial charge on any atom is 0.245 e. The third-order valence-corrected chi connectivity index (χ3v) is 5.05. The van der Waals surface area contributed by atoms with E-state index in [2.05, 4.69) is 6.08 Å². The normalized spacial score (nSPS) is 17.1. The summed E-state index contributed by atoms with van der Waals surface area (Å²) in [5.41, 5.74) is 7.10. The Morgan fingerprint density at radius 3 is 2.68 bits per heavy atom. The van der Waals surface area contributed by atoms with Crippen LogP contribution in [0.25, 0.3) is 0 Å². The average Bonchev–Trinajstić information content (AvgIpc) is 2.38. The van der Waals surface area contributed by atoms with E-state index in [1.54, 1.807) is 6.07 Å². The minimum Gasteiger partial charge on any atom is -0.497 e. The summed E-state index contributed by atoms with van der Waals surface area (Å²) in [5, 5.41) is 0. The third kappa shape index (κ3) is 2.74. The molecule has 19 heavy (non-hydrogen) atoms. The van der Waals surface area contributed by atoms with Crippen LogP contribution in [0.3, 0.4) is 0 Å². The number of nitrogens with two attached hydrogens (primary N) is 1. The van der Waals surface area contributed by atoms with Gasteiger partial charge in [-0.15, -0.1) is 0 Å². The van der Waals surface area contributed by atoms with Gasteiger partial charge in [0.1, 0.15) is 10.6 Å². The van der Waals surface area contributed by atoms with Crippen LogP contribution in [0.5, 0.6) is 5.75 Å². The molecule has 1 aromatic rings. The van der Waals surface area contributed by atoms with E-state index in [0.717, 1.165) is 12.0 Å². The van der Waals surface area contributed by atoms with E-state index >= 15 is 0 Å². The van der Waals surface area contributed by atoms with Crippen LogP contribution in [0.4, 0.5) is 5.69 Å². The van der Waals surface area contributed by atoms with Gasteiger partial charge in [0, 0.05) is 19.2 Å². The van der Waals surface area contributed by atoms with Crippen molar-refractivity contribution in [3.05, 3.63) is 29.8 Å². The summed E-state index contributed by atoms with van der Waals surface area (Å²) in [6, 6.07) is 4.63. The van der Waals surface area contributed by atoms with E-state index < -0.39 is 10.0 Å². The zero-order valence-corrected chi connectivity index (χ0v) is 11.9. The molecule has 104 valence electrons. The molecule has 0 atom stereocenters. The number of methoxy groups -OCH3 is 1. The molecule has 0 saturated heterocycles. The third-order valence-electron chi connectivity index (χ3n) is 3.13. The number of sulfonamides is 1. The Labute approximate surface area is 113 Å². The van der Waals surface area contributed by atoms with Crippen LogP contribution in [-0.2, 0) is 10.0 Å². The maximum atomic E-state index is 12.5. The summed E-state index contributed by atoms with van der Waals surface area (Å²) >= 11 is 0. The highest BCUT2D eigenvalue weighted by Gasteiger charge is 2.27. The Bertz CT molecular complexity index is 608. The van der Waals surface area contributed by atoms with E-state index in [1.807, 2.05) is 6.92 Å². The minimum atomic E-state index is -3.54. The van der Waals surface area contributed by atoms with E-state index in [9.17, 15) is 8.42 Å². The van der Waals surface area contributed by atoms with Crippen molar-refractivity contribution in [2.75, 3.05) is 25.9 Å². The smallest absolute Gasteiger partial charge is 0.245 e. The number of ether oxygens (including phenoxy) is 1. The molecule has 2 N–H and O–H groups in total. The van der Waals surface area contributed by atoms with Gasteiger partial charge in [-0.2, -0.15) is 4.31 Å². The zero-order valence-electron chi connectivity index (χ0n) is 11.1. The molecular weight excluding hydrogens is 264 g/mol. The molecule has 1 aliphatic heterocycles. The van der Waals surface area contributed by atoms with Gasteiger partial charge in [-0.25, -0.2) is 8.42 Å². The molecule has 0 radical (unpaired) electrons. The first-order valence-corrected chi connectivity index (χ1v) is 7.48. The highest BCUT2D eigenvalue weighted by Crippen LogP contribution is 2.28. The second kappa shape index (κ2) is 5.22. The molecule has 0 spiro atoms. The van der Waals surface area contributed by atoms with Gasteiger partial charge in [0.15, 0.2) is 0 Å². The van der Waals surface area contributed by atoms with Crippen molar-refractivity contribution in [3.63, 3.8) is 0 Å². The van der Waals surface area contributed by atoms with Crippen LogP contribution in [0.1, 0.15) is 13.3 Å². The lowest BCUT2D eigenvalue weighted by molar-refractivity contribution is 0.414. The molecule has 0 unspecified atom stereocenters. The van der Waals surface area contributed by atoms with Crippen molar-refractivity contribution < 1.29 is 13.2 Å². The number of rotatable bonds is 3. The highest BCUT2D eigenvalue weighted by molar-refractivity contribution is 7.89. The zero-order chi connectivity index (χ0) is 14.0. The van der Waals surface area contributed by atoms with Crippen molar-refractivity contribution in [3.8, 4) is 5.75 Å². The number of hydrogen-bond acceptors (Lipinski definition) is 4. The number of anilines is 1. The molecule has 2 rings (SSSR count). The lowest BCUT2D eigenvalue weighted by Crippen LogP contribution is -2.35. The quantitative estimate of drug-likeness (QED) is 0.675. The van der Waals surface area contributed by atoms with E-state index in [0.29, 0.717) is 18.8 Å². The van der Waals surface area contributed by atoms with Crippen molar-refractivity contribution in [1.29, 1.82) is 0 Å². The first kappa shape index (κ1) is 13.9. The van der Waals surface area contributed by atoms with Crippen molar-refractivity contribution in [2.45, 2.75) is 18.2 Å². The second-order valence-corrected chi connectivity index (χ2v) is 6.49. The van der Waals surface area contributed by atoms with Crippen molar-refractivity contribution in [1.82, 2.24) is 4.31 Å². The number of benzene rings is 1. The summed E-state index contributed by atoms with van der Waals surface area (Å²) in [6.45, 7) is 2.85. The molecule has 0 aromatic heterocycles. The number of hydrogen-bond donors (Lipinski definition) is 1. The predicted octanol–water partition coefficient (Wildman–Crippen LogP) is 1.62. The molecule has 1 aromatic carbocycles. The van der Waals surface area contributed by atoms with Crippen molar-refractivity contribution in [2.24, 2.45) is 0 Å². The molecular formula is C13H18N2O3S. The molecule has 5 nitrogen and oxygen atoms in total. The van der Waals surface area contributed by atoms with Gasteiger partial charge in [-0.3, -0.25) is 0 Å². The fourth-order valence-electron chi connectivity index (χ4n) is 2.11. The Hall–Kier alpha value is -1.53. The first-order chi connectivity index (χ1) is 8.95. The predicted molar refractivity (Wildman–Crippen MR) is 74.5 cm³/mol. The molecule has 0 fully saturated rings. The summed E-state index contributed by atoms with van der Waals surface area (Å²) in [4.78, 5) is 0.142. The lowest BCUT2D eigenvalue weighted by Gasteiger charge is -2.26. The van der Waals surface area contributed by atoms with Crippen LogP contribution in [-0.4, -0.2) is 32.9 Å². The number of nitrogen functional groups attached to an aromatic ring is 1. The lowest BCUT2D eigenvalue weighted by atomic mass is 10.2. The van der Waals surface area contributed by atoms with Gasteiger partial charge in [0.25, 0.3) is 0 Å². The van der Waals surface area contributed by atoms with Gasteiger partial charge in [-0.05, 0) is 25.5 Å². The SMILES string of the molecule is COc1ccc(S(=O)(=O)N2CCC=C(C)C2)c(N)c1. The second-order valence-electron chi connectivity index (χ2n) is 4.58. The molecule has 0 saturated carbocycles. The van der Waals surface area contributed by atoms with Crippen LogP contribution in [0.2, 0.25) is 0 Å². The van der Waals surface area contributed by atoms with Gasteiger partial charge in [0.05, 0.1) is 12.8 Å².